The van der Waals surface area contributed by atoms with Crippen LogP contribution in [0.5, 0.6) is 0 Å². The molecule has 5 heteroatoms. The van der Waals surface area contributed by atoms with Crippen LogP contribution in [-0.2, 0) is 0 Å². The number of carboxylic acids is 1. The Labute approximate surface area is 106 Å². The Hall–Kier alpha value is -1.36. The van der Waals surface area contributed by atoms with Gasteiger partial charge in [0, 0.05) is 5.92 Å². The SMILES string of the molecule is O=C(O)c1cccc2c(Br)nc(C3CCC3)n12. The van der Waals surface area contributed by atoms with Crippen LogP contribution in [0.2, 0.25) is 0 Å². The van der Waals surface area contributed by atoms with Crippen molar-refractivity contribution in [3.05, 3.63) is 34.3 Å². The third-order valence-electron chi connectivity index (χ3n) is 3.33. The normalized spacial score (nSPS) is 16.1. The number of aromatic carboxylic acids is 1. The molecule has 0 unspecified atom stereocenters. The summed E-state index contributed by atoms with van der Waals surface area (Å²) in [5, 5.41) is 9.23. The quantitative estimate of drug-likeness (QED) is 0.926. The Balaban J connectivity index is 2.31. The molecule has 1 aliphatic rings. The molecule has 2 aromatic heterocycles. The molecule has 0 radical (unpaired) electrons. The van der Waals surface area contributed by atoms with E-state index in [-0.39, 0.29) is 5.69 Å². The van der Waals surface area contributed by atoms with E-state index in [1.165, 1.54) is 6.42 Å². The van der Waals surface area contributed by atoms with Crippen LogP contribution in [0.3, 0.4) is 0 Å². The van der Waals surface area contributed by atoms with Gasteiger partial charge >= 0.3 is 5.97 Å². The standard InChI is InChI=1S/C12H11BrN2O2/c13-10-8-5-2-6-9(12(16)17)15(8)11(14-10)7-3-1-4-7/h2,5-7H,1,3-4H2,(H,16,17). The van der Waals surface area contributed by atoms with Gasteiger partial charge in [0.2, 0.25) is 0 Å². The summed E-state index contributed by atoms with van der Waals surface area (Å²) >= 11 is 3.40. The minimum Gasteiger partial charge on any atom is -0.477 e. The summed E-state index contributed by atoms with van der Waals surface area (Å²) in [6.45, 7) is 0. The summed E-state index contributed by atoms with van der Waals surface area (Å²) in [5.74, 6) is 0.353. The van der Waals surface area contributed by atoms with Crippen LogP contribution in [0.25, 0.3) is 5.52 Å². The Kier molecular flexibility index (Phi) is 2.43. The van der Waals surface area contributed by atoms with Gasteiger partial charge in [-0.15, -0.1) is 0 Å². The van der Waals surface area contributed by atoms with E-state index >= 15 is 0 Å². The number of halogens is 1. The van der Waals surface area contributed by atoms with Crippen LogP contribution in [0.15, 0.2) is 22.8 Å². The predicted octanol–water partition coefficient (Wildman–Crippen LogP) is 3.06. The lowest BCUT2D eigenvalue weighted by Crippen LogP contribution is -2.15. The first kappa shape index (κ1) is 10.8. The van der Waals surface area contributed by atoms with E-state index in [1.54, 1.807) is 16.5 Å². The maximum absolute atomic E-state index is 11.2. The molecule has 2 aromatic rings. The highest BCUT2D eigenvalue weighted by atomic mass is 79.9. The van der Waals surface area contributed by atoms with Gasteiger partial charge in [0.15, 0.2) is 0 Å². The number of aromatic nitrogens is 2. The number of pyridine rings is 1. The largest absolute Gasteiger partial charge is 0.477 e. The fourth-order valence-electron chi connectivity index (χ4n) is 2.23. The van der Waals surface area contributed by atoms with Crippen LogP contribution in [0.4, 0.5) is 0 Å². The molecule has 17 heavy (non-hydrogen) atoms. The summed E-state index contributed by atoms with van der Waals surface area (Å²) in [7, 11) is 0. The van der Waals surface area contributed by atoms with E-state index in [0.29, 0.717) is 5.92 Å². The fraction of sp³-hybridized carbons (Fsp3) is 0.333. The number of hydrogen-bond donors (Lipinski definition) is 1. The highest BCUT2D eigenvalue weighted by molar-refractivity contribution is 9.10. The minimum atomic E-state index is -0.916. The van der Waals surface area contributed by atoms with Crippen molar-refractivity contribution < 1.29 is 9.90 Å². The zero-order chi connectivity index (χ0) is 12.0. The molecular formula is C12H11BrN2O2. The van der Waals surface area contributed by atoms with E-state index in [9.17, 15) is 9.90 Å². The first-order chi connectivity index (χ1) is 8.18. The second-order valence-corrected chi connectivity index (χ2v) is 5.08. The van der Waals surface area contributed by atoms with Gasteiger partial charge in [-0.05, 0) is 40.9 Å². The summed E-state index contributed by atoms with van der Waals surface area (Å²) in [4.78, 5) is 15.7. The summed E-state index contributed by atoms with van der Waals surface area (Å²) in [5.41, 5.74) is 1.11. The Morgan fingerprint density at radius 1 is 1.47 bits per heavy atom. The van der Waals surface area contributed by atoms with E-state index in [1.807, 2.05) is 6.07 Å². The van der Waals surface area contributed by atoms with Crippen molar-refractivity contribution >= 4 is 27.4 Å². The van der Waals surface area contributed by atoms with E-state index < -0.39 is 5.97 Å². The molecule has 0 amide bonds. The zero-order valence-electron chi connectivity index (χ0n) is 9.06. The van der Waals surface area contributed by atoms with Crippen LogP contribution >= 0.6 is 15.9 Å². The molecule has 2 heterocycles. The smallest absolute Gasteiger partial charge is 0.352 e. The maximum Gasteiger partial charge on any atom is 0.352 e. The van der Waals surface area contributed by atoms with Crippen molar-refractivity contribution in [3.63, 3.8) is 0 Å². The molecule has 0 saturated heterocycles. The number of nitrogens with zero attached hydrogens (tertiary/aromatic N) is 2. The number of fused-ring (bicyclic) bond motifs is 1. The molecule has 1 fully saturated rings. The monoisotopic (exact) mass is 294 g/mol. The number of hydrogen-bond acceptors (Lipinski definition) is 2. The van der Waals surface area contributed by atoms with E-state index in [4.69, 9.17) is 0 Å². The molecule has 0 aliphatic heterocycles. The first-order valence-electron chi connectivity index (χ1n) is 5.58. The molecule has 1 aliphatic carbocycles. The van der Waals surface area contributed by atoms with Crippen molar-refractivity contribution in [1.82, 2.24) is 9.38 Å². The van der Waals surface area contributed by atoms with Gasteiger partial charge in [-0.2, -0.15) is 0 Å². The van der Waals surface area contributed by atoms with Gasteiger partial charge in [0.25, 0.3) is 0 Å². The maximum atomic E-state index is 11.2. The molecule has 1 saturated carbocycles. The van der Waals surface area contributed by atoms with Crippen molar-refractivity contribution in [1.29, 1.82) is 0 Å². The Morgan fingerprint density at radius 3 is 2.82 bits per heavy atom. The number of rotatable bonds is 2. The molecule has 0 atom stereocenters. The first-order valence-corrected chi connectivity index (χ1v) is 6.38. The molecular weight excluding hydrogens is 284 g/mol. The molecule has 0 spiro atoms. The Bertz CT molecular complexity index is 602. The van der Waals surface area contributed by atoms with Gasteiger partial charge in [-0.3, -0.25) is 4.40 Å². The minimum absolute atomic E-state index is 0.280. The second-order valence-electron chi connectivity index (χ2n) is 4.33. The molecule has 4 nitrogen and oxygen atoms in total. The van der Waals surface area contributed by atoms with E-state index in [0.717, 1.165) is 28.8 Å². The zero-order valence-corrected chi connectivity index (χ0v) is 10.6. The van der Waals surface area contributed by atoms with Crippen LogP contribution in [-0.4, -0.2) is 20.5 Å². The van der Waals surface area contributed by atoms with Gasteiger partial charge in [0.1, 0.15) is 16.1 Å². The molecule has 0 bridgehead atoms. The molecule has 88 valence electrons. The highest BCUT2D eigenvalue weighted by Crippen LogP contribution is 2.37. The van der Waals surface area contributed by atoms with Crippen LogP contribution in [0.1, 0.15) is 41.5 Å². The molecule has 3 rings (SSSR count). The van der Waals surface area contributed by atoms with Crippen LogP contribution in [0, 0.1) is 0 Å². The average Bonchev–Trinajstić information content (AvgIpc) is 2.54. The molecule has 0 aromatic carbocycles. The third-order valence-corrected chi connectivity index (χ3v) is 3.92. The summed E-state index contributed by atoms with van der Waals surface area (Å²) in [6.07, 6.45) is 3.39. The van der Waals surface area contributed by atoms with Crippen LogP contribution < -0.4 is 0 Å². The number of carbonyl (C=O) groups is 1. The van der Waals surface area contributed by atoms with Crippen molar-refractivity contribution in [2.24, 2.45) is 0 Å². The van der Waals surface area contributed by atoms with Crippen molar-refractivity contribution in [2.75, 3.05) is 0 Å². The highest BCUT2D eigenvalue weighted by Gasteiger charge is 2.27. The Morgan fingerprint density at radius 2 is 2.24 bits per heavy atom. The van der Waals surface area contributed by atoms with Gasteiger partial charge < -0.3 is 5.11 Å². The van der Waals surface area contributed by atoms with Gasteiger partial charge in [-0.1, -0.05) is 12.5 Å². The molecule has 1 N–H and O–H groups in total. The summed E-state index contributed by atoms with van der Waals surface area (Å²) in [6, 6.07) is 5.24. The topological polar surface area (TPSA) is 54.6 Å². The number of imidazole rings is 1. The van der Waals surface area contributed by atoms with Gasteiger partial charge in [-0.25, -0.2) is 9.78 Å². The van der Waals surface area contributed by atoms with E-state index in [2.05, 4.69) is 20.9 Å². The lowest BCUT2D eigenvalue weighted by molar-refractivity contribution is 0.0688. The lowest BCUT2D eigenvalue weighted by atomic mass is 9.85. The van der Waals surface area contributed by atoms with Crippen molar-refractivity contribution in [3.8, 4) is 0 Å². The third kappa shape index (κ3) is 1.57. The average molecular weight is 295 g/mol. The van der Waals surface area contributed by atoms with Crippen molar-refractivity contribution in [2.45, 2.75) is 25.2 Å². The predicted molar refractivity (Wildman–Crippen MR) is 66.4 cm³/mol. The number of carboxylic acid groups (broad SMARTS) is 1. The second kappa shape index (κ2) is 3.84. The van der Waals surface area contributed by atoms with Gasteiger partial charge in [0.05, 0.1) is 5.52 Å². The fourth-order valence-corrected chi connectivity index (χ4v) is 2.72. The lowest BCUT2D eigenvalue weighted by Gasteiger charge is -2.24. The summed E-state index contributed by atoms with van der Waals surface area (Å²) < 4.78 is 2.48.